The molecule has 0 bridgehead atoms. The van der Waals surface area contributed by atoms with Gasteiger partial charge in [0.15, 0.2) is 0 Å². The van der Waals surface area contributed by atoms with Gasteiger partial charge in [-0.1, -0.05) is 0 Å². The summed E-state index contributed by atoms with van der Waals surface area (Å²) in [6, 6.07) is -0.0463. The summed E-state index contributed by atoms with van der Waals surface area (Å²) in [7, 11) is 0. The van der Waals surface area contributed by atoms with Crippen molar-refractivity contribution in [3.63, 3.8) is 0 Å². The van der Waals surface area contributed by atoms with E-state index in [2.05, 4.69) is 5.32 Å². The lowest BCUT2D eigenvalue weighted by Crippen LogP contribution is -2.44. The fraction of sp³-hybridized carbons (Fsp3) is 0.909. The number of rotatable bonds is 1. The molecule has 1 heterocycles. The topological polar surface area (TPSA) is 61.8 Å². The van der Waals surface area contributed by atoms with Crippen molar-refractivity contribution in [2.45, 2.75) is 38.8 Å². The number of aliphatic hydroxyl groups excluding tert-OH is 1. The van der Waals surface area contributed by atoms with Gasteiger partial charge in [-0.3, -0.25) is 0 Å². The second kappa shape index (κ2) is 5.50. The van der Waals surface area contributed by atoms with Gasteiger partial charge >= 0.3 is 6.09 Å². The molecular weight excluding hydrogens is 208 g/mol. The molecular formula is C11H22N2O3. The second-order valence-corrected chi connectivity index (χ2v) is 5.11. The molecule has 1 amide bonds. The van der Waals surface area contributed by atoms with E-state index < -0.39 is 5.60 Å². The van der Waals surface area contributed by atoms with Gasteiger partial charge in [0.25, 0.3) is 0 Å². The zero-order valence-electron chi connectivity index (χ0n) is 10.3. The smallest absolute Gasteiger partial charge is 0.410 e. The van der Waals surface area contributed by atoms with E-state index in [9.17, 15) is 4.79 Å². The van der Waals surface area contributed by atoms with Crippen LogP contribution in [0.15, 0.2) is 0 Å². The predicted molar refractivity (Wildman–Crippen MR) is 61.3 cm³/mol. The molecule has 0 aromatic carbocycles. The van der Waals surface area contributed by atoms with Gasteiger partial charge in [-0.05, 0) is 33.7 Å². The first kappa shape index (κ1) is 13.3. The van der Waals surface area contributed by atoms with Crippen molar-refractivity contribution in [2.24, 2.45) is 0 Å². The normalized spacial score (nSPS) is 22.8. The van der Waals surface area contributed by atoms with Gasteiger partial charge in [-0.2, -0.15) is 0 Å². The van der Waals surface area contributed by atoms with Crippen LogP contribution in [0.4, 0.5) is 4.79 Å². The van der Waals surface area contributed by atoms with E-state index in [4.69, 9.17) is 9.84 Å². The van der Waals surface area contributed by atoms with Crippen LogP contribution in [0.5, 0.6) is 0 Å². The molecule has 0 aromatic heterocycles. The molecule has 1 saturated heterocycles. The third-order valence-electron chi connectivity index (χ3n) is 2.35. The highest BCUT2D eigenvalue weighted by Gasteiger charge is 2.25. The number of aliphatic hydroxyl groups is 1. The molecule has 5 nitrogen and oxygen atoms in total. The van der Waals surface area contributed by atoms with Gasteiger partial charge < -0.3 is 20.1 Å². The Balaban J connectivity index is 2.53. The Hall–Kier alpha value is -0.810. The number of carbonyl (C=O) groups excluding carboxylic acids is 1. The molecule has 1 aliphatic rings. The van der Waals surface area contributed by atoms with Gasteiger partial charge in [0.1, 0.15) is 5.60 Å². The van der Waals surface area contributed by atoms with Gasteiger partial charge in [0, 0.05) is 19.1 Å². The van der Waals surface area contributed by atoms with Crippen LogP contribution in [0.2, 0.25) is 0 Å². The van der Waals surface area contributed by atoms with Crippen LogP contribution in [0.25, 0.3) is 0 Å². The minimum absolute atomic E-state index is 0.0410. The van der Waals surface area contributed by atoms with Crippen LogP contribution < -0.4 is 5.32 Å². The number of carbonyl (C=O) groups is 1. The van der Waals surface area contributed by atoms with Crippen molar-refractivity contribution >= 4 is 6.09 Å². The fourth-order valence-electron chi connectivity index (χ4n) is 1.61. The molecule has 0 aliphatic carbocycles. The maximum Gasteiger partial charge on any atom is 0.410 e. The maximum atomic E-state index is 11.8. The molecule has 0 radical (unpaired) electrons. The summed E-state index contributed by atoms with van der Waals surface area (Å²) in [6.07, 6.45) is 0.588. The molecule has 2 N–H and O–H groups in total. The van der Waals surface area contributed by atoms with Gasteiger partial charge in [0.2, 0.25) is 0 Å². The minimum Gasteiger partial charge on any atom is -0.444 e. The Bertz CT molecular complexity index is 238. The third kappa shape index (κ3) is 4.37. The molecule has 1 fully saturated rings. The Morgan fingerprint density at radius 1 is 1.56 bits per heavy atom. The zero-order valence-corrected chi connectivity index (χ0v) is 10.3. The van der Waals surface area contributed by atoms with Crippen molar-refractivity contribution in [1.82, 2.24) is 10.2 Å². The van der Waals surface area contributed by atoms with E-state index in [1.165, 1.54) is 0 Å². The summed E-state index contributed by atoms with van der Waals surface area (Å²) in [5, 5.41) is 12.3. The van der Waals surface area contributed by atoms with Gasteiger partial charge in [-0.15, -0.1) is 0 Å². The van der Waals surface area contributed by atoms with Crippen LogP contribution in [0, 0.1) is 0 Å². The SMILES string of the molecule is CC(C)(C)OC(=O)N1CCCNC(CO)C1. The highest BCUT2D eigenvalue weighted by molar-refractivity contribution is 5.68. The molecule has 16 heavy (non-hydrogen) atoms. The number of hydrogen-bond donors (Lipinski definition) is 2. The minimum atomic E-state index is -0.467. The first-order valence-electron chi connectivity index (χ1n) is 5.74. The average Bonchev–Trinajstić information content (AvgIpc) is 2.39. The lowest BCUT2D eigenvalue weighted by molar-refractivity contribution is 0.0237. The summed E-state index contributed by atoms with van der Waals surface area (Å²) in [5.41, 5.74) is -0.467. The third-order valence-corrected chi connectivity index (χ3v) is 2.35. The molecule has 94 valence electrons. The molecule has 0 aromatic rings. The summed E-state index contributed by atoms with van der Waals surface area (Å²) in [6.45, 7) is 7.60. The Kier molecular flexibility index (Phi) is 4.56. The molecule has 0 saturated carbocycles. The van der Waals surface area contributed by atoms with Crippen LogP contribution >= 0.6 is 0 Å². The van der Waals surface area contributed by atoms with Crippen molar-refractivity contribution in [3.05, 3.63) is 0 Å². The van der Waals surface area contributed by atoms with Crippen molar-refractivity contribution < 1.29 is 14.6 Å². The number of nitrogens with zero attached hydrogens (tertiary/aromatic N) is 1. The first-order valence-corrected chi connectivity index (χ1v) is 5.74. The van der Waals surface area contributed by atoms with Crippen molar-refractivity contribution in [3.8, 4) is 0 Å². The van der Waals surface area contributed by atoms with E-state index in [1.807, 2.05) is 20.8 Å². The molecule has 1 rings (SSSR count). The summed E-state index contributed by atoms with van der Waals surface area (Å²) in [4.78, 5) is 13.5. The highest BCUT2D eigenvalue weighted by Crippen LogP contribution is 2.11. The number of hydrogen-bond acceptors (Lipinski definition) is 4. The quantitative estimate of drug-likeness (QED) is 0.691. The van der Waals surface area contributed by atoms with Crippen molar-refractivity contribution in [1.29, 1.82) is 0 Å². The van der Waals surface area contributed by atoms with E-state index in [0.717, 1.165) is 13.0 Å². The van der Waals surface area contributed by atoms with E-state index in [-0.39, 0.29) is 18.7 Å². The first-order chi connectivity index (χ1) is 7.42. The highest BCUT2D eigenvalue weighted by atomic mass is 16.6. The maximum absolute atomic E-state index is 11.8. The predicted octanol–water partition coefficient (Wildman–Crippen LogP) is 0.578. The van der Waals surface area contributed by atoms with Crippen molar-refractivity contribution in [2.75, 3.05) is 26.2 Å². The Morgan fingerprint density at radius 2 is 2.25 bits per heavy atom. The molecule has 1 aliphatic heterocycles. The van der Waals surface area contributed by atoms with Crippen LogP contribution in [-0.2, 0) is 4.74 Å². The fourth-order valence-corrected chi connectivity index (χ4v) is 1.61. The molecule has 5 heteroatoms. The average molecular weight is 230 g/mol. The Labute approximate surface area is 96.8 Å². The van der Waals surface area contributed by atoms with E-state index in [1.54, 1.807) is 4.90 Å². The number of ether oxygens (including phenoxy) is 1. The van der Waals surface area contributed by atoms with Crippen LogP contribution in [0.3, 0.4) is 0 Å². The summed E-state index contributed by atoms with van der Waals surface area (Å²) < 4.78 is 5.30. The number of amides is 1. The van der Waals surface area contributed by atoms with Gasteiger partial charge in [-0.25, -0.2) is 4.79 Å². The zero-order chi connectivity index (χ0) is 12.2. The van der Waals surface area contributed by atoms with E-state index in [0.29, 0.717) is 13.1 Å². The summed E-state index contributed by atoms with van der Waals surface area (Å²) >= 11 is 0. The van der Waals surface area contributed by atoms with Gasteiger partial charge in [0.05, 0.1) is 6.61 Å². The molecule has 1 unspecified atom stereocenters. The monoisotopic (exact) mass is 230 g/mol. The van der Waals surface area contributed by atoms with E-state index >= 15 is 0 Å². The lowest BCUT2D eigenvalue weighted by Gasteiger charge is -2.27. The van der Waals surface area contributed by atoms with Crippen LogP contribution in [-0.4, -0.2) is 54.0 Å². The Morgan fingerprint density at radius 3 is 2.81 bits per heavy atom. The lowest BCUT2D eigenvalue weighted by atomic mass is 10.2. The molecule has 0 spiro atoms. The standard InChI is InChI=1S/C11H22N2O3/c1-11(2,3)16-10(15)13-6-4-5-12-9(7-13)8-14/h9,12,14H,4-8H2,1-3H3. The molecule has 1 atom stereocenters. The largest absolute Gasteiger partial charge is 0.444 e. The number of nitrogens with one attached hydrogen (secondary N) is 1. The van der Waals surface area contributed by atoms with Crippen LogP contribution in [0.1, 0.15) is 27.2 Å². The summed E-state index contributed by atoms with van der Waals surface area (Å²) in [5.74, 6) is 0. The second-order valence-electron chi connectivity index (χ2n) is 5.11.